The molecule has 17 heavy (non-hydrogen) atoms. The Morgan fingerprint density at radius 2 is 1.94 bits per heavy atom. The Bertz CT molecular complexity index is 459. The summed E-state index contributed by atoms with van der Waals surface area (Å²) < 4.78 is 1.20. The summed E-state index contributed by atoms with van der Waals surface area (Å²) in [5, 5.41) is 0. The van der Waals surface area contributed by atoms with Crippen molar-refractivity contribution in [2.24, 2.45) is 5.73 Å². The number of benzene rings is 1. The van der Waals surface area contributed by atoms with E-state index in [1.54, 1.807) is 0 Å². The maximum atomic E-state index is 6.19. The Balaban J connectivity index is 1.95. The fraction of sp³-hybridized carbons (Fsp3) is 0.286. The topological polar surface area (TPSA) is 26.0 Å². The zero-order valence-corrected chi connectivity index (χ0v) is 12.2. The molecule has 1 unspecified atom stereocenters. The van der Waals surface area contributed by atoms with Crippen LogP contribution in [0.25, 0.3) is 0 Å². The summed E-state index contributed by atoms with van der Waals surface area (Å²) in [6, 6.07) is 12.8. The smallest absolute Gasteiger partial charge is 0.0314 e. The van der Waals surface area contributed by atoms with E-state index in [9.17, 15) is 0 Å². The van der Waals surface area contributed by atoms with Gasteiger partial charge in [0.1, 0.15) is 0 Å². The summed E-state index contributed by atoms with van der Waals surface area (Å²) in [5.41, 5.74) is 7.50. The molecule has 1 nitrogen and oxygen atoms in total. The van der Waals surface area contributed by atoms with Crippen molar-refractivity contribution in [2.75, 3.05) is 0 Å². The lowest BCUT2D eigenvalue weighted by atomic mass is 10.0. The van der Waals surface area contributed by atoms with Gasteiger partial charge in [0, 0.05) is 20.3 Å². The van der Waals surface area contributed by atoms with Gasteiger partial charge in [-0.15, -0.1) is 11.3 Å². The van der Waals surface area contributed by atoms with Crippen LogP contribution in [0.5, 0.6) is 0 Å². The molecule has 0 bridgehead atoms. The fourth-order valence-electron chi connectivity index (χ4n) is 1.87. The van der Waals surface area contributed by atoms with Gasteiger partial charge in [-0.25, -0.2) is 0 Å². The second-order valence-electron chi connectivity index (χ2n) is 4.27. The van der Waals surface area contributed by atoms with Crippen LogP contribution in [0.4, 0.5) is 0 Å². The Morgan fingerprint density at radius 1 is 1.24 bits per heavy atom. The van der Waals surface area contributed by atoms with E-state index in [2.05, 4.69) is 53.2 Å². The molecule has 0 saturated carbocycles. The molecule has 3 heteroatoms. The molecule has 0 aliphatic carbocycles. The molecule has 0 fully saturated rings. The van der Waals surface area contributed by atoms with Crippen LogP contribution >= 0.6 is 27.3 Å². The maximum Gasteiger partial charge on any atom is 0.0314 e. The van der Waals surface area contributed by atoms with Gasteiger partial charge in [-0.3, -0.25) is 0 Å². The van der Waals surface area contributed by atoms with Gasteiger partial charge in [0.05, 0.1) is 0 Å². The summed E-state index contributed by atoms with van der Waals surface area (Å²) in [7, 11) is 0. The van der Waals surface area contributed by atoms with E-state index >= 15 is 0 Å². The lowest BCUT2D eigenvalue weighted by molar-refractivity contribution is 0.671. The van der Waals surface area contributed by atoms with Gasteiger partial charge in [-0.05, 0) is 47.3 Å². The standard InChI is InChI=1S/C14H16BrNS/c1-10-14(15)9-13(17-10)8-12(16)7-11-5-3-2-4-6-11/h2-6,9,12H,7-8,16H2,1H3. The number of rotatable bonds is 4. The average molecular weight is 310 g/mol. The van der Waals surface area contributed by atoms with Crippen LogP contribution < -0.4 is 5.73 Å². The Labute approximate surface area is 115 Å². The summed E-state index contributed by atoms with van der Waals surface area (Å²) >= 11 is 5.37. The molecule has 0 saturated heterocycles. The summed E-state index contributed by atoms with van der Waals surface area (Å²) in [4.78, 5) is 2.68. The number of nitrogens with two attached hydrogens (primary N) is 1. The van der Waals surface area contributed by atoms with Gasteiger partial charge in [0.15, 0.2) is 0 Å². The van der Waals surface area contributed by atoms with Crippen molar-refractivity contribution >= 4 is 27.3 Å². The number of hydrogen-bond donors (Lipinski definition) is 1. The molecule has 0 spiro atoms. The highest BCUT2D eigenvalue weighted by atomic mass is 79.9. The van der Waals surface area contributed by atoms with Crippen molar-refractivity contribution in [1.82, 2.24) is 0 Å². The number of halogens is 1. The molecule has 2 rings (SSSR count). The monoisotopic (exact) mass is 309 g/mol. The first-order valence-electron chi connectivity index (χ1n) is 5.69. The van der Waals surface area contributed by atoms with E-state index in [0.29, 0.717) is 0 Å². The molecular weight excluding hydrogens is 294 g/mol. The SMILES string of the molecule is Cc1sc(CC(N)Cc2ccccc2)cc1Br. The zero-order chi connectivity index (χ0) is 12.3. The third-order valence-electron chi connectivity index (χ3n) is 2.71. The van der Waals surface area contributed by atoms with E-state index in [0.717, 1.165) is 12.8 Å². The van der Waals surface area contributed by atoms with Crippen LogP contribution in [0, 0.1) is 6.92 Å². The van der Waals surface area contributed by atoms with Gasteiger partial charge >= 0.3 is 0 Å². The van der Waals surface area contributed by atoms with Crippen molar-refractivity contribution in [3.63, 3.8) is 0 Å². The molecule has 0 amide bonds. The first-order valence-corrected chi connectivity index (χ1v) is 7.30. The average Bonchev–Trinajstić information content (AvgIpc) is 2.59. The van der Waals surface area contributed by atoms with Gasteiger partial charge in [-0.1, -0.05) is 30.3 Å². The quantitative estimate of drug-likeness (QED) is 0.910. The lowest BCUT2D eigenvalue weighted by Crippen LogP contribution is -2.25. The first-order chi connectivity index (χ1) is 8.15. The summed E-state index contributed by atoms with van der Waals surface area (Å²) in [6.45, 7) is 2.13. The largest absolute Gasteiger partial charge is 0.327 e. The van der Waals surface area contributed by atoms with Crippen molar-refractivity contribution < 1.29 is 0 Å². The van der Waals surface area contributed by atoms with Crippen molar-refractivity contribution in [1.29, 1.82) is 0 Å². The fourth-order valence-corrected chi connectivity index (χ4v) is 3.56. The molecule has 0 radical (unpaired) electrons. The van der Waals surface area contributed by atoms with Crippen molar-refractivity contribution in [3.8, 4) is 0 Å². The highest BCUT2D eigenvalue weighted by molar-refractivity contribution is 9.10. The minimum absolute atomic E-state index is 0.197. The predicted octanol–water partition coefficient (Wildman–Crippen LogP) is 3.93. The minimum Gasteiger partial charge on any atom is -0.327 e. The highest BCUT2D eigenvalue weighted by Crippen LogP contribution is 2.27. The molecule has 90 valence electrons. The third kappa shape index (κ3) is 3.66. The molecule has 1 atom stereocenters. The molecule has 2 N–H and O–H groups in total. The maximum absolute atomic E-state index is 6.19. The molecule has 1 aromatic heterocycles. The van der Waals surface area contributed by atoms with Gasteiger partial charge in [-0.2, -0.15) is 0 Å². The number of aryl methyl sites for hydroxylation is 1. The van der Waals surface area contributed by atoms with Crippen LogP contribution in [0.2, 0.25) is 0 Å². The van der Waals surface area contributed by atoms with Crippen LogP contribution in [-0.2, 0) is 12.8 Å². The van der Waals surface area contributed by atoms with Crippen LogP contribution in [0.15, 0.2) is 40.9 Å². The Kier molecular flexibility index (Phi) is 4.37. The van der Waals surface area contributed by atoms with Crippen LogP contribution in [-0.4, -0.2) is 6.04 Å². The normalized spacial score (nSPS) is 12.6. The molecule has 1 heterocycles. The molecular formula is C14H16BrNS. The van der Waals surface area contributed by atoms with E-state index in [4.69, 9.17) is 5.73 Å². The van der Waals surface area contributed by atoms with E-state index in [-0.39, 0.29) is 6.04 Å². The predicted molar refractivity (Wildman–Crippen MR) is 78.6 cm³/mol. The van der Waals surface area contributed by atoms with E-state index in [1.165, 1.54) is 19.8 Å². The second-order valence-corrected chi connectivity index (χ2v) is 6.47. The number of hydrogen-bond acceptors (Lipinski definition) is 2. The Morgan fingerprint density at radius 3 is 2.53 bits per heavy atom. The number of thiophene rings is 1. The summed E-state index contributed by atoms with van der Waals surface area (Å²) in [5.74, 6) is 0. The van der Waals surface area contributed by atoms with E-state index in [1.807, 2.05) is 17.4 Å². The molecule has 0 aliphatic heterocycles. The molecule has 0 aliphatic rings. The van der Waals surface area contributed by atoms with Gasteiger partial charge in [0.2, 0.25) is 0 Å². The van der Waals surface area contributed by atoms with Crippen molar-refractivity contribution in [3.05, 3.63) is 56.2 Å². The minimum atomic E-state index is 0.197. The Hall–Kier alpha value is -0.640. The van der Waals surface area contributed by atoms with Crippen LogP contribution in [0.1, 0.15) is 15.3 Å². The third-order valence-corrected chi connectivity index (χ3v) is 4.87. The molecule has 2 aromatic rings. The molecule has 1 aromatic carbocycles. The van der Waals surface area contributed by atoms with Crippen molar-refractivity contribution in [2.45, 2.75) is 25.8 Å². The second kappa shape index (κ2) is 5.80. The first kappa shape index (κ1) is 12.8. The van der Waals surface area contributed by atoms with Crippen LogP contribution in [0.3, 0.4) is 0 Å². The van der Waals surface area contributed by atoms with Gasteiger partial charge in [0.25, 0.3) is 0 Å². The van der Waals surface area contributed by atoms with Gasteiger partial charge < -0.3 is 5.73 Å². The lowest BCUT2D eigenvalue weighted by Gasteiger charge is -2.10. The highest BCUT2D eigenvalue weighted by Gasteiger charge is 2.09. The van der Waals surface area contributed by atoms with E-state index < -0.39 is 0 Å². The summed E-state index contributed by atoms with van der Waals surface area (Å²) in [6.07, 6.45) is 1.89. The zero-order valence-electron chi connectivity index (χ0n) is 9.82.